The lowest BCUT2D eigenvalue weighted by Gasteiger charge is -2.19. The molecule has 0 spiro atoms. The molecular weight excluding hydrogens is 378 g/mol. The van der Waals surface area contributed by atoms with Gasteiger partial charge in [-0.2, -0.15) is 0 Å². The van der Waals surface area contributed by atoms with Crippen LogP contribution in [0.4, 0.5) is 10.5 Å². The molecule has 0 aliphatic carbocycles. The zero-order valence-corrected chi connectivity index (χ0v) is 17.0. The molecule has 7 heteroatoms. The summed E-state index contributed by atoms with van der Waals surface area (Å²) in [5.41, 5.74) is 4.81. The van der Waals surface area contributed by atoms with Crippen LogP contribution in [0.5, 0.6) is 0 Å². The molecule has 3 aromatic heterocycles. The van der Waals surface area contributed by atoms with Crippen LogP contribution in [0, 0.1) is 13.8 Å². The van der Waals surface area contributed by atoms with Crippen LogP contribution in [0.25, 0.3) is 22.7 Å². The number of rotatable bonds is 3. The molecule has 0 bridgehead atoms. The van der Waals surface area contributed by atoms with Gasteiger partial charge in [-0.15, -0.1) is 0 Å². The number of hydrogen-bond donors (Lipinski definition) is 1. The first-order valence-electron chi connectivity index (χ1n) is 10.1. The Hall–Kier alpha value is -3.61. The summed E-state index contributed by atoms with van der Waals surface area (Å²) in [6.45, 7) is 5.37. The van der Waals surface area contributed by atoms with E-state index in [1.54, 1.807) is 12.5 Å². The highest BCUT2D eigenvalue weighted by Crippen LogP contribution is 2.32. The Labute approximate surface area is 174 Å². The molecule has 1 aromatic carbocycles. The van der Waals surface area contributed by atoms with E-state index in [0.717, 1.165) is 34.7 Å². The number of nitrogens with one attached hydrogen (secondary N) is 1. The average molecular weight is 401 g/mol. The van der Waals surface area contributed by atoms with E-state index < -0.39 is 0 Å². The fourth-order valence-corrected chi connectivity index (χ4v) is 4.01. The first-order valence-corrected chi connectivity index (χ1v) is 10.1. The molecule has 1 fully saturated rings. The van der Waals surface area contributed by atoms with Crippen LogP contribution in [0.2, 0.25) is 0 Å². The zero-order valence-electron chi connectivity index (χ0n) is 17.0. The lowest BCUT2D eigenvalue weighted by molar-refractivity contribution is 0.221. The Balaban J connectivity index is 1.40. The number of aromatic nitrogens is 3. The van der Waals surface area contributed by atoms with Crippen LogP contribution in [0.15, 0.2) is 59.3 Å². The third-order valence-corrected chi connectivity index (χ3v) is 5.76. The predicted molar refractivity (Wildman–Crippen MR) is 115 cm³/mol. The van der Waals surface area contributed by atoms with Gasteiger partial charge >= 0.3 is 6.03 Å². The van der Waals surface area contributed by atoms with Gasteiger partial charge in [0.05, 0.1) is 12.3 Å². The molecule has 1 saturated heterocycles. The number of anilines is 1. The van der Waals surface area contributed by atoms with Gasteiger partial charge in [-0.1, -0.05) is 6.07 Å². The highest BCUT2D eigenvalue weighted by molar-refractivity contribution is 5.89. The van der Waals surface area contributed by atoms with E-state index in [1.165, 1.54) is 5.56 Å². The number of furan rings is 1. The van der Waals surface area contributed by atoms with Crippen molar-refractivity contribution in [2.24, 2.45) is 0 Å². The summed E-state index contributed by atoms with van der Waals surface area (Å²) in [5, 5.41) is 3.03. The summed E-state index contributed by atoms with van der Waals surface area (Å²) in [5.74, 6) is 1.45. The highest BCUT2D eigenvalue weighted by atomic mass is 16.3. The van der Waals surface area contributed by atoms with Crippen molar-refractivity contribution in [1.82, 2.24) is 19.4 Å². The predicted octanol–water partition coefficient (Wildman–Crippen LogP) is 4.79. The second-order valence-electron chi connectivity index (χ2n) is 7.75. The van der Waals surface area contributed by atoms with Crippen molar-refractivity contribution in [3.63, 3.8) is 0 Å². The number of urea groups is 1. The molecule has 2 amide bonds. The molecule has 7 nitrogen and oxygen atoms in total. The molecule has 152 valence electrons. The Kier molecular flexibility index (Phi) is 4.50. The molecule has 0 saturated carbocycles. The lowest BCUT2D eigenvalue weighted by Crippen LogP contribution is -2.33. The molecular formula is C23H23N5O2. The summed E-state index contributed by atoms with van der Waals surface area (Å²) in [6.07, 6.45) is 4.24. The summed E-state index contributed by atoms with van der Waals surface area (Å²) in [6, 6.07) is 13.5. The van der Waals surface area contributed by atoms with Gasteiger partial charge in [0, 0.05) is 25.0 Å². The van der Waals surface area contributed by atoms with Gasteiger partial charge in [-0.05, 0) is 67.8 Å². The maximum atomic E-state index is 12.9. The van der Waals surface area contributed by atoms with Gasteiger partial charge in [0.15, 0.2) is 17.2 Å². The van der Waals surface area contributed by atoms with E-state index in [-0.39, 0.29) is 12.1 Å². The number of pyridine rings is 1. The highest BCUT2D eigenvalue weighted by Gasteiger charge is 2.31. The summed E-state index contributed by atoms with van der Waals surface area (Å²) in [4.78, 5) is 24.0. The van der Waals surface area contributed by atoms with Crippen molar-refractivity contribution < 1.29 is 9.21 Å². The monoisotopic (exact) mass is 401 g/mol. The van der Waals surface area contributed by atoms with E-state index in [2.05, 4.69) is 21.8 Å². The SMILES string of the molecule is Cc1ccc(NC(=O)N2CC[C@@H](n3c(-c4ccco4)nc4cccnc43)C2)cc1C. The molecule has 4 heterocycles. The second-order valence-corrected chi connectivity index (χ2v) is 7.75. The number of likely N-dealkylation sites (tertiary alicyclic amines) is 1. The smallest absolute Gasteiger partial charge is 0.321 e. The van der Waals surface area contributed by atoms with Gasteiger partial charge in [-0.25, -0.2) is 14.8 Å². The van der Waals surface area contributed by atoms with Crippen molar-refractivity contribution in [1.29, 1.82) is 0 Å². The van der Waals surface area contributed by atoms with E-state index in [4.69, 9.17) is 9.40 Å². The molecule has 5 rings (SSSR count). The fraction of sp³-hybridized carbons (Fsp3) is 0.261. The third-order valence-electron chi connectivity index (χ3n) is 5.76. The first kappa shape index (κ1) is 18.4. The van der Waals surface area contributed by atoms with Crippen LogP contribution in [-0.2, 0) is 0 Å². The summed E-state index contributed by atoms with van der Waals surface area (Å²) < 4.78 is 7.73. The van der Waals surface area contributed by atoms with Crippen molar-refractivity contribution in [2.75, 3.05) is 18.4 Å². The van der Waals surface area contributed by atoms with Gasteiger partial charge in [-0.3, -0.25) is 0 Å². The largest absolute Gasteiger partial charge is 0.461 e. The van der Waals surface area contributed by atoms with Crippen LogP contribution in [0.1, 0.15) is 23.6 Å². The third kappa shape index (κ3) is 3.22. The van der Waals surface area contributed by atoms with Crippen LogP contribution < -0.4 is 5.32 Å². The molecule has 1 N–H and O–H groups in total. The number of carbonyl (C=O) groups is 1. The minimum Gasteiger partial charge on any atom is -0.461 e. The van der Waals surface area contributed by atoms with E-state index in [1.807, 2.05) is 54.3 Å². The van der Waals surface area contributed by atoms with Gasteiger partial charge in [0.25, 0.3) is 0 Å². The number of aryl methyl sites for hydroxylation is 2. The molecule has 1 aliphatic rings. The number of benzene rings is 1. The van der Waals surface area contributed by atoms with E-state index >= 15 is 0 Å². The topological polar surface area (TPSA) is 76.2 Å². The molecule has 0 radical (unpaired) electrons. The normalized spacial score (nSPS) is 16.3. The summed E-state index contributed by atoms with van der Waals surface area (Å²) >= 11 is 0. The van der Waals surface area contributed by atoms with E-state index in [0.29, 0.717) is 18.8 Å². The Morgan fingerprint density at radius 2 is 2.07 bits per heavy atom. The molecule has 0 unspecified atom stereocenters. The van der Waals surface area contributed by atoms with Crippen LogP contribution >= 0.6 is 0 Å². The number of hydrogen-bond acceptors (Lipinski definition) is 4. The standard InChI is InChI=1S/C23H23N5O2/c1-15-7-8-17(13-16(15)2)25-23(29)27-11-9-18(14-27)28-21-19(5-3-10-24-21)26-22(28)20-6-4-12-30-20/h3-8,10,12-13,18H,9,11,14H2,1-2H3,(H,25,29)/t18-/m1/s1. The van der Waals surface area contributed by atoms with Crippen molar-refractivity contribution in [3.05, 3.63) is 66.1 Å². The number of carbonyl (C=O) groups excluding carboxylic acids is 1. The zero-order chi connectivity index (χ0) is 20.7. The number of amides is 2. The van der Waals surface area contributed by atoms with Gasteiger partial charge in [0.1, 0.15) is 5.52 Å². The lowest BCUT2D eigenvalue weighted by atomic mass is 10.1. The fourth-order valence-electron chi connectivity index (χ4n) is 4.01. The number of nitrogens with zero attached hydrogens (tertiary/aromatic N) is 4. The maximum absolute atomic E-state index is 12.9. The van der Waals surface area contributed by atoms with Crippen molar-refractivity contribution in [3.8, 4) is 11.6 Å². The first-order chi connectivity index (χ1) is 14.6. The Morgan fingerprint density at radius 3 is 2.87 bits per heavy atom. The summed E-state index contributed by atoms with van der Waals surface area (Å²) in [7, 11) is 0. The molecule has 30 heavy (non-hydrogen) atoms. The average Bonchev–Trinajstić information content (AvgIpc) is 3.49. The quantitative estimate of drug-likeness (QED) is 0.536. The molecule has 4 aromatic rings. The van der Waals surface area contributed by atoms with Crippen molar-refractivity contribution in [2.45, 2.75) is 26.3 Å². The number of imidazole rings is 1. The van der Waals surface area contributed by atoms with Crippen LogP contribution in [0.3, 0.4) is 0 Å². The van der Waals surface area contributed by atoms with E-state index in [9.17, 15) is 4.79 Å². The Morgan fingerprint density at radius 1 is 1.17 bits per heavy atom. The maximum Gasteiger partial charge on any atom is 0.321 e. The van der Waals surface area contributed by atoms with Gasteiger partial charge in [0.2, 0.25) is 0 Å². The van der Waals surface area contributed by atoms with Crippen LogP contribution in [-0.4, -0.2) is 38.6 Å². The molecule has 1 aliphatic heterocycles. The molecule has 1 atom stereocenters. The second kappa shape index (κ2) is 7.33. The minimum absolute atomic E-state index is 0.0792. The minimum atomic E-state index is -0.0855. The number of fused-ring (bicyclic) bond motifs is 1. The Bertz CT molecular complexity index is 1210. The van der Waals surface area contributed by atoms with Gasteiger partial charge < -0.3 is 19.2 Å². The van der Waals surface area contributed by atoms with Crippen molar-refractivity contribution >= 4 is 22.9 Å².